The molecule has 5 nitrogen and oxygen atoms in total. The molecule has 0 saturated carbocycles. The molecule has 2 aromatic rings. The summed E-state index contributed by atoms with van der Waals surface area (Å²) in [7, 11) is 0. The summed E-state index contributed by atoms with van der Waals surface area (Å²) in [6.45, 7) is 5.82. The Morgan fingerprint density at radius 3 is 2.33 bits per heavy atom. The summed E-state index contributed by atoms with van der Waals surface area (Å²) < 4.78 is 0. The fraction of sp³-hybridized carbons (Fsp3) is 0.316. The largest absolute Gasteiger partial charge is 0.341 e. The molecular weight excluding hydrogens is 300 g/mol. The Morgan fingerprint density at radius 1 is 1.08 bits per heavy atom. The minimum absolute atomic E-state index is 0.178. The van der Waals surface area contributed by atoms with E-state index in [2.05, 4.69) is 20.2 Å². The molecule has 1 amide bonds. The van der Waals surface area contributed by atoms with Gasteiger partial charge in [0, 0.05) is 19.2 Å². The van der Waals surface area contributed by atoms with Gasteiger partial charge in [0.25, 0.3) is 0 Å². The third-order valence-corrected chi connectivity index (χ3v) is 4.12. The van der Waals surface area contributed by atoms with Gasteiger partial charge in [0.05, 0.1) is 17.1 Å². The maximum Gasteiger partial charge on any atom is 0.248 e. The smallest absolute Gasteiger partial charge is 0.248 e. The Bertz CT molecular complexity index is 726. The predicted octanol–water partition coefficient (Wildman–Crippen LogP) is 3.35. The lowest BCUT2D eigenvalue weighted by Crippen LogP contribution is -2.22. The standard InChI is InChI=1S/C19H22N4O/c1-14-18(15(2)21-19(20-14)23-12-6-7-13-23)22-17(24)11-10-16-8-4-3-5-9-16/h3-5,8-11H,6-7,12-13H2,1-2H3,(H,22,24). The summed E-state index contributed by atoms with van der Waals surface area (Å²) in [6, 6.07) is 9.74. The Balaban J connectivity index is 1.72. The van der Waals surface area contributed by atoms with Gasteiger partial charge in [-0.1, -0.05) is 30.3 Å². The Labute approximate surface area is 142 Å². The van der Waals surface area contributed by atoms with Crippen LogP contribution in [0.3, 0.4) is 0 Å². The fourth-order valence-electron chi connectivity index (χ4n) is 2.84. The quantitative estimate of drug-likeness (QED) is 0.877. The molecule has 1 aromatic heterocycles. The Morgan fingerprint density at radius 2 is 1.71 bits per heavy atom. The molecule has 1 aromatic carbocycles. The molecule has 0 aliphatic carbocycles. The van der Waals surface area contributed by atoms with Crippen LogP contribution in [0.1, 0.15) is 29.8 Å². The van der Waals surface area contributed by atoms with Gasteiger partial charge in [0.1, 0.15) is 0 Å². The third kappa shape index (κ3) is 3.79. The maximum atomic E-state index is 12.2. The van der Waals surface area contributed by atoms with Crippen molar-refractivity contribution in [2.75, 3.05) is 23.3 Å². The van der Waals surface area contributed by atoms with Crippen LogP contribution < -0.4 is 10.2 Å². The van der Waals surface area contributed by atoms with E-state index in [1.807, 2.05) is 44.2 Å². The van der Waals surface area contributed by atoms with E-state index in [0.717, 1.165) is 36.0 Å². The van der Waals surface area contributed by atoms with E-state index in [9.17, 15) is 4.79 Å². The maximum absolute atomic E-state index is 12.2. The van der Waals surface area contributed by atoms with Gasteiger partial charge in [-0.15, -0.1) is 0 Å². The minimum atomic E-state index is -0.178. The second-order valence-electron chi connectivity index (χ2n) is 6.00. The van der Waals surface area contributed by atoms with Crippen molar-refractivity contribution in [1.29, 1.82) is 0 Å². The number of nitrogens with zero attached hydrogens (tertiary/aromatic N) is 3. The summed E-state index contributed by atoms with van der Waals surface area (Å²) >= 11 is 0. The molecular formula is C19H22N4O. The van der Waals surface area contributed by atoms with Gasteiger partial charge < -0.3 is 10.2 Å². The minimum Gasteiger partial charge on any atom is -0.341 e. The van der Waals surface area contributed by atoms with Gasteiger partial charge in [-0.25, -0.2) is 9.97 Å². The lowest BCUT2D eigenvalue weighted by molar-refractivity contribution is -0.111. The van der Waals surface area contributed by atoms with Crippen LogP contribution in [0, 0.1) is 13.8 Å². The van der Waals surface area contributed by atoms with E-state index in [4.69, 9.17) is 0 Å². The number of rotatable bonds is 4. The first-order chi connectivity index (χ1) is 11.6. The first-order valence-electron chi connectivity index (χ1n) is 8.28. The molecule has 1 aliphatic rings. The second-order valence-corrected chi connectivity index (χ2v) is 6.00. The highest BCUT2D eigenvalue weighted by Gasteiger charge is 2.18. The molecule has 0 bridgehead atoms. The average molecular weight is 322 g/mol. The molecule has 1 fully saturated rings. The van der Waals surface area contributed by atoms with Crippen LogP contribution in [0.5, 0.6) is 0 Å². The number of carbonyl (C=O) groups excluding carboxylic acids is 1. The first-order valence-corrected chi connectivity index (χ1v) is 8.28. The summed E-state index contributed by atoms with van der Waals surface area (Å²) in [4.78, 5) is 23.5. The van der Waals surface area contributed by atoms with Crippen molar-refractivity contribution < 1.29 is 4.79 Å². The fourth-order valence-corrected chi connectivity index (χ4v) is 2.84. The zero-order valence-electron chi connectivity index (χ0n) is 14.1. The summed E-state index contributed by atoms with van der Waals surface area (Å²) in [5.41, 5.74) is 3.28. The summed E-state index contributed by atoms with van der Waals surface area (Å²) in [5, 5.41) is 2.90. The first kappa shape index (κ1) is 16.2. The molecule has 3 rings (SSSR count). The van der Waals surface area contributed by atoms with Crippen LogP contribution >= 0.6 is 0 Å². The van der Waals surface area contributed by atoms with E-state index in [0.29, 0.717) is 5.69 Å². The highest BCUT2D eigenvalue weighted by atomic mass is 16.1. The van der Waals surface area contributed by atoms with Crippen molar-refractivity contribution in [3.05, 3.63) is 53.4 Å². The van der Waals surface area contributed by atoms with Gasteiger partial charge >= 0.3 is 0 Å². The number of nitrogens with one attached hydrogen (secondary N) is 1. The number of aryl methyl sites for hydroxylation is 2. The molecule has 24 heavy (non-hydrogen) atoms. The number of anilines is 2. The lowest BCUT2D eigenvalue weighted by atomic mass is 10.2. The molecule has 5 heteroatoms. The average Bonchev–Trinajstić information content (AvgIpc) is 3.11. The number of hydrogen-bond acceptors (Lipinski definition) is 4. The van der Waals surface area contributed by atoms with Gasteiger partial charge in [0.2, 0.25) is 11.9 Å². The van der Waals surface area contributed by atoms with Crippen LogP contribution in [0.2, 0.25) is 0 Å². The SMILES string of the molecule is Cc1nc(N2CCCC2)nc(C)c1NC(=O)C=Cc1ccccc1. The van der Waals surface area contributed by atoms with E-state index in [1.54, 1.807) is 6.08 Å². The van der Waals surface area contributed by atoms with E-state index in [1.165, 1.54) is 18.9 Å². The number of benzene rings is 1. The second kappa shape index (κ2) is 7.25. The van der Waals surface area contributed by atoms with E-state index in [-0.39, 0.29) is 5.91 Å². The molecule has 1 N–H and O–H groups in total. The third-order valence-electron chi connectivity index (χ3n) is 4.12. The van der Waals surface area contributed by atoms with Gasteiger partial charge in [-0.3, -0.25) is 4.79 Å². The number of amides is 1. The molecule has 2 heterocycles. The van der Waals surface area contributed by atoms with Gasteiger partial charge in [-0.05, 0) is 38.3 Å². The highest BCUT2D eigenvalue weighted by molar-refractivity contribution is 6.02. The van der Waals surface area contributed by atoms with Crippen molar-refractivity contribution >= 4 is 23.6 Å². The molecule has 1 saturated heterocycles. The van der Waals surface area contributed by atoms with Crippen molar-refractivity contribution in [3.63, 3.8) is 0 Å². The monoisotopic (exact) mass is 322 g/mol. The normalized spacial score (nSPS) is 14.3. The van der Waals surface area contributed by atoms with E-state index >= 15 is 0 Å². The molecule has 0 atom stereocenters. The topological polar surface area (TPSA) is 58.1 Å². The zero-order valence-corrected chi connectivity index (χ0v) is 14.1. The summed E-state index contributed by atoms with van der Waals surface area (Å²) in [5.74, 6) is 0.586. The number of hydrogen-bond donors (Lipinski definition) is 1. The highest BCUT2D eigenvalue weighted by Crippen LogP contribution is 2.22. The van der Waals surface area contributed by atoms with Crippen LogP contribution in [0.25, 0.3) is 6.08 Å². The Kier molecular flexibility index (Phi) is 4.89. The predicted molar refractivity (Wildman–Crippen MR) is 97.1 cm³/mol. The van der Waals surface area contributed by atoms with Gasteiger partial charge in [-0.2, -0.15) is 0 Å². The van der Waals surface area contributed by atoms with Crippen LogP contribution in [0.15, 0.2) is 36.4 Å². The van der Waals surface area contributed by atoms with Crippen molar-refractivity contribution in [2.24, 2.45) is 0 Å². The number of aromatic nitrogens is 2. The molecule has 1 aliphatic heterocycles. The molecule has 0 spiro atoms. The van der Waals surface area contributed by atoms with E-state index < -0.39 is 0 Å². The van der Waals surface area contributed by atoms with Crippen LogP contribution in [-0.2, 0) is 4.79 Å². The van der Waals surface area contributed by atoms with Gasteiger partial charge in [0.15, 0.2) is 0 Å². The Hall–Kier alpha value is -2.69. The van der Waals surface area contributed by atoms with Crippen molar-refractivity contribution in [2.45, 2.75) is 26.7 Å². The zero-order chi connectivity index (χ0) is 16.9. The van der Waals surface area contributed by atoms with Crippen LogP contribution in [-0.4, -0.2) is 29.0 Å². The lowest BCUT2D eigenvalue weighted by Gasteiger charge is -2.18. The summed E-state index contributed by atoms with van der Waals surface area (Å²) in [6.07, 6.45) is 5.69. The van der Waals surface area contributed by atoms with Crippen LogP contribution in [0.4, 0.5) is 11.6 Å². The number of carbonyl (C=O) groups is 1. The van der Waals surface area contributed by atoms with Crippen molar-refractivity contribution in [1.82, 2.24) is 9.97 Å². The molecule has 124 valence electrons. The van der Waals surface area contributed by atoms with Crippen molar-refractivity contribution in [3.8, 4) is 0 Å². The molecule has 0 radical (unpaired) electrons. The molecule has 0 unspecified atom stereocenters.